The topological polar surface area (TPSA) is 67.9 Å². The van der Waals surface area contributed by atoms with Crippen LogP contribution in [0.25, 0.3) is 0 Å². The summed E-state index contributed by atoms with van der Waals surface area (Å²) in [4.78, 5) is 24.0. The predicted octanol–water partition coefficient (Wildman–Crippen LogP) is 2.75. The Bertz CT molecular complexity index is 545. The van der Waals surface area contributed by atoms with Crippen LogP contribution in [0.2, 0.25) is 0 Å². The number of carbonyl (C=O) groups is 2. The number of hydrogen-bond acceptors (Lipinski definition) is 4. The van der Waals surface area contributed by atoms with E-state index in [1.165, 1.54) is 17.0 Å². The first-order chi connectivity index (χ1) is 10.3. The third kappa shape index (κ3) is 4.83. The summed E-state index contributed by atoms with van der Waals surface area (Å²) >= 11 is 0. The van der Waals surface area contributed by atoms with Crippen LogP contribution in [0.15, 0.2) is 24.3 Å². The van der Waals surface area contributed by atoms with Crippen LogP contribution in [0.4, 0.5) is 28.4 Å². The summed E-state index contributed by atoms with van der Waals surface area (Å²) in [6, 6.07) is 6.30. The lowest BCUT2D eigenvalue weighted by Crippen LogP contribution is -2.24. The quantitative estimate of drug-likeness (QED) is 0.927. The van der Waals surface area contributed by atoms with Gasteiger partial charge in [0, 0.05) is 12.2 Å². The molecule has 120 valence electrons. The fraction of sp³-hybridized carbons (Fsp3) is 0.385. The molecule has 1 aliphatic rings. The number of nitrogens with one attached hydrogen (secondary N) is 1. The predicted molar refractivity (Wildman–Crippen MR) is 69.2 cm³/mol. The van der Waals surface area contributed by atoms with Crippen molar-refractivity contribution in [2.45, 2.75) is 12.7 Å². The van der Waals surface area contributed by atoms with Gasteiger partial charge in [-0.1, -0.05) is 12.1 Å². The number of anilines is 1. The zero-order valence-electron chi connectivity index (χ0n) is 11.4. The Labute approximate surface area is 123 Å². The first-order valence-electron chi connectivity index (χ1n) is 6.35. The van der Waals surface area contributed by atoms with E-state index in [4.69, 9.17) is 4.74 Å². The van der Waals surface area contributed by atoms with Gasteiger partial charge in [-0.15, -0.1) is 0 Å². The number of ether oxygens (including phenoxy) is 2. The zero-order valence-corrected chi connectivity index (χ0v) is 11.4. The molecule has 0 saturated carbocycles. The van der Waals surface area contributed by atoms with Crippen molar-refractivity contribution in [3.05, 3.63) is 29.8 Å². The van der Waals surface area contributed by atoms with E-state index in [2.05, 4.69) is 10.1 Å². The summed E-state index contributed by atoms with van der Waals surface area (Å²) in [5.74, 6) is 0. The maximum Gasteiger partial charge on any atom is 0.422 e. The van der Waals surface area contributed by atoms with Crippen LogP contribution in [0.3, 0.4) is 0 Å². The number of carbonyl (C=O) groups excluding carboxylic acids is 2. The Hall–Kier alpha value is -2.45. The SMILES string of the molecule is O=C(Nc1ccc(CN2CCOC2=O)cc1)OCC(F)(F)F. The molecular formula is C13H13F3N2O4. The molecule has 1 fully saturated rings. The lowest BCUT2D eigenvalue weighted by Gasteiger charge is -2.13. The maximum atomic E-state index is 11.9. The Balaban J connectivity index is 1.83. The number of halogens is 3. The molecule has 2 rings (SSSR count). The molecule has 1 aliphatic heterocycles. The molecule has 1 saturated heterocycles. The van der Waals surface area contributed by atoms with Gasteiger partial charge in [-0.25, -0.2) is 9.59 Å². The second kappa shape index (κ2) is 6.54. The largest absolute Gasteiger partial charge is 0.448 e. The van der Waals surface area contributed by atoms with Gasteiger partial charge in [0.05, 0.1) is 6.54 Å². The molecule has 1 aromatic rings. The van der Waals surface area contributed by atoms with E-state index in [0.717, 1.165) is 5.56 Å². The minimum absolute atomic E-state index is 0.292. The van der Waals surface area contributed by atoms with Crippen LogP contribution in [-0.2, 0) is 16.0 Å². The molecule has 22 heavy (non-hydrogen) atoms. The highest BCUT2D eigenvalue weighted by molar-refractivity contribution is 5.84. The molecule has 1 heterocycles. The van der Waals surface area contributed by atoms with Crippen molar-refractivity contribution in [2.24, 2.45) is 0 Å². The number of cyclic esters (lactones) is 1. The Morgan fingerprint density at radius 3 is 2.55 bits per heavy atom. The summed E-state index contributed by atoms with van der Waals surface area (Å²) in [7, 11) is 0. The monoisotopic (exact) mass is 318 g/mol. The van der Waals surface area contributed by atoms with Crippen molar-refractivity contribution in [1.29, 1.82) is 0 Å². The molecule has 0 spiro atoms. The lowest BCUT2D eigenvalue weighted by atomic mass is 10.2. The summed E-state index contributed by atoms with van der Waals surface area (Å²) in [5.41, 5.74) is 1.09. The van der Waals surface area contributed by atoms with Crippen LogP contribution in [-0.4, -0.2) is 43.0 Å². The van der Waals surface area contributed by atoms with E-state index in [1.54, 1.807) is 12.1 Å². The zero-order chi connectivity index (χ0) is 16.2. The Morgan fingerprint density at radius 2 is 2.00 bits per heavy atom. The highest BCUT2D eigenvalue weighted by Gasteiger charge is 2.29. The molecule has 2 amide bonds. The van der Waals surface area contributed by atoms with Crippen LogP contribution < -0.4 is 5.32 Å². The highest BCUT2D eigenvalue weighted by atomic mass is 19.4. The van der Waals surface area contributed by atoms with Gasteiger partial charge in [0.2, 0.25) is 0 Å². The molecule has 0 atom stereocenters. The van der Waals surface area contributed by atoms with Gasteiger partial charge < -0.3 is 14.4 Å². The first kappa shape index (κ1) is 15.9. The molecular weight excluding hydrogens is 305 g/mol. The highest BCUT2D eigenvalue weighted by Crippen LogP contribution is 2.16. The van der Waals surface area contributed by atoms with Gasteiger partial charge >= 0.3 is 18.4 Å². The number of nitrogens with zero attached hydrogens (tertiary/aromatic N) is 1. The summed E-state index contributed by atoms with van der Waals surface area (Å²) in [5, 5.41) is 2.18. The Morgan fingerprint density at radius 1 is 1.32 bits per heavy atom. The molecule has 0 bridgehead atoms. The lowest BCUT2D eigenvalue weighted by molar-refractivity contribution is -0.159. The number of hydrogen-bond donors (Lipinski definition) is 1. The summed E-state index contributed by atoms with van der Waals surface area (Å²) in [6.45, 7) is -0.433. The number of amides is 2. The van der Waals surface area contributed by atoms with E-state index in [0.29, 0.717) is 25.4 Å². The van der Waals surface area contributed by atoms with E-state index < -0.39 is 25.0 Å². The van der Waals surface area contributed by atoms with Crippen LogP contribution in [0.5, 0.6) is 0 Å². The average molecular weight is 318 g/mol. The smallest absolute Gasteiger partial charge is 0.422 e. The fourth-order valence-electron chi connectivity index (χ4n) is 1.78. The van der Waals surface area contributed by atoms with Crippen LogP contribution in [0.1, 0.15) is 5.56 Å². The fourth-order valence-corrected chi connectivity index (χ4v) is 1.78. The van der Waals surface area contributed by atoms with E-state index in [9.17, 15) is 22.8 Å². The average Bonchev–Trinajstić information content (AvgIpc) is 2.84. The molecule has 0 unspecified atom stereocenters. The van der Waals surface area contributed by atoms with Crippen molar-refractivity contribution in [3.8, 4) is 0 Å². The van der Waals surface area contributed by atoms with E-state index in [1.807, 2.05) is 0 Å². The molecule has 6 nitrogen and oxygen atoms in total. The van der Waals surface area contributed by atoms with Gasteiger partial charge in [0.1, 0.15) is 6.61 Å². The molecule has 0 aromatic heterocycles. The molecule has 0 aliphatic carbocycles. The third-order valence-corrected chi connectivity index (χ3v) is 2.79. The van der Waals surface area contributed by atoms with Crippen molar-refractivity contribution in [3.63, 3.8) is 0 Å². The van der Waals surface area contributed by atoms with Crippen LogP contribution in [0, 0.1) is 0 Å². The molecule has 9 heteroatoms. The van der Waals surface area contributed by atoms with Crippen molar-refractivity contribution >= 4 is 17.9 Å². The van der Waals surface area contributed by atoms with E-state index >= 15 is 0 Å². The van der Waals surface area contributed by atoms with Gasteiger partial charge in [0.15, 0.2) is 6.61 Å². The minimum atomic E-state index is -4.56. The minimum Gasteiger partial charge on any atom is -0.448 e. The molecule has 1 aromatic carbocycles. The Kier molecular flexibility index (Phi) is 4.74. The number of benzene rings is 1. The second-order valence-corrected chi connectivity index (χ2v) is 4.55. The first-order valence-corrected chi connectivity index (χ1v) is 6.35. The van der Waals surface area contributed by atoms with Crippen molar-refractivity contribution in [1.82, 2.24) is 4.90 Å². The van der Waals surface area contributed by atoms with Gasteiger partial charge in [-0.3, -0.25) is 5.32 Å². The summed E-state index contributed by atoms with van der Waals surface area (Å²) < 4.78 is 44.5. The summed E-state index contributed by atoms with van der Waals surface area (Å²) in [6.07, 6.45) is -6.14. The van der Waals surface area contributed by atoms with Crippen LogP contribution >= 0.6 is 0 Å². The standard InChI is InChI=1S/C13H13F3N2O4/c14-13(15,16)8-22-11(19)17-10-3-1-9(2-4-10)7-18-5-6-21-12(18)20/h1-4H,5-8H2,(H,17,19). The van der Waals surface area contributed by atoms with Crippen molar-refractivity contribution < 1.29 is 32.2 Å². The normalized spacial score (nSPS) is 14.7. The molecule has 0 radical (unpaired) electrons. The van der Waals surface area contributed by atoms with E-state index in [-0.39, 0.29) is 0 Å². The number of rotatable bonds is 4. The van der Waals surface area contributed by atoms with Gasteiger partial charge in [-0.05, 0) is 17.7 Å². The third-order valence-electron chi connectivity index (χ3n) is 2.79. The van der Waals surface area contributed by atoms with Crippen molar-refractivity contribution in [2.75, 3.05) is 25.1 Å². The number of alkyl halides is 3. The van der Waals surface area contributed by atoms with Gasteiger partial charge in [-0.2, -0.15) is 13.2 Å². The second-order valence-electron chi connectivity index (χ2n) is 4.55. The molecule has 1 N–H and O–H groups in total. The maximum absolute atomic E-state index is 11.9. The van der Waals surface area contributed by atoms with Gasteiger partial charge in [0.25, 0.3) is 0 Å².